The lowest BCUT2D eigenvalue weighted by atomic mass is 9.94. The fourth-order valence-electron chi connectivity index (χ4n) is 4.31. The molecule has 2 aromatic carbocycles. The molecular formula is C31H45N3O4. The van der Waals surface area contributed by atoms with Crippen LogP contribution in [0.1, 0.15) is 88.6 Å². The zero-order chi connectivity index (χ0) is 28.5. The normalized spacial score (nSPS) is 12.8. The molecule has 3 amide bonds. The molecule has 0 aromatic heterocycles. The van der Waals surface area contributed by atoms with E-state index in [1.807, 2.05) is 63.2 Å². The predicted molar refractivity (Wildman–Crippen MR) is 153 cm³/mol. The molecule has 0 saturated heterocycles. The second kappa shape index (κ2) is 14.0. The van der Waals surface area contributed by atoms with Crippen molar-refractivity contribution < 1.29 is 19.1 Å². The third-order valence-corrected chi connectivity index (χ3v) is 6.54. The van der Waals surface area contributed by atoms with Crippen molar-refractivity contribution in [3.63, 3.8) is 0 Å². The minimum Gasteiger partial charge on any atom is -0.444 e. The summed E-state index contributed by atoms with van der Waals surface area (Å²) < 4.78 is 5.37. The molecule has 0 saturated carbocycles. The highest BCUT2D eigenvalue weighted by Gasteiger charge is 2.35. The Labute approximate surface area is 228 Å². The first kappa shape index (κ1) is 30.9. The highest BCUT2D eigenvalue weighted by Crippen LogP contribution is 2.29. The number of ether oxygens (including phenoxy) is 1. The number of unbranched alkanes of at least 4 members (excludes halogenated alkanes) is 3. The first-order valence-corrected chi connectivity index (χ1v) is 13.6. The molecule has 0 bridgehead atoms. The molecular weight excluding hydrogens is 478 g/mol. The molecule has 0 aliphatic rings. The molecule has 38 heavy (non-hydrogen) atoms. The van der Waals surface area contributed by atoms with Gasteiger partial charge in [-0.3, -0.25) is 9.59 Å². The predicted octanol–water partition coefficient (Wildman–Crippen LogP) is 6.61. The van der Waals surface area contributed by atoms with E-state index in [1.165, 1.54) is 0 Å². The molecule has 0 aliphatic heterocycles. The van der Waals surface area contributed by atoms with E-state index in [0.717, 1.165) is 47.9 Å². The minimum atomic E-state index is -0.880. The molecule has 0 radical (unpaired) electrons. The van der Waals surface area contributed by atoms with Gasteiger partial charge in [0.05, 0.1) is 0 Å². The Morgan fingerprint density at radius 1 is 0.921 bits per heavy atom. The van der Waals surface area contributed by atoms with Crippen molar-refractivity contribution in [3.05, 3.63) is 64.7 Å². The van der Waals surface area contributed by atoms with E-state index in [2.05, 4.69) is 17.6 Å². The quantitative estimate of drug-likeness (QED) is 0.324. The number of nitrogens with one attached hydrogen (secondary N) is 2. The van der Waals surface area contributed by atoms with E-state index in [1.54, 1.807) is 32.6 Å². The minimum absolute atomic E-state index is 0.290. The van der Waals surface area contributed by atoms with Gasteiger partial charge in [0.1, 0.15) is 17.7 Å². The van der Waals surface area contributed by atoms with Gasteiger partial charge in [-0.05, 0) is 83.2 Å². The van der Waals surface area contributed by atoms with Gasteiger partial charge in [-0.25, -0.2) is 4.79 Å². The Hall–Kier alpha value is -3.35. The Morgan fingerprint density at radius 2 is 1.58 bits per heavy atom. The maximum absolute atomic E-state index is 14.0. The average Bonchev–Trinajstić information content (AvgIpc) is 2.83. The third kappa shape index (κ3) is 8.89. The highest BCUT2D eigenvalue weighted by atomic mass is 16.6. The van der Waals surface area contributed by atoms with Crippen LogP contribution < -0.4 is 10.6 Å². The van der Waals surface area contributed by atoms with E-state index >= 15 is 0 Å². The van der Waals surface area contributed by atoms with Crippen LogP contribution in [0.5, 0.6) is 0 Å². The highest BCUT2D eigenvalue weighted by molar-refractivity contribution is 5.99. The van der Waals surface area contributed by atoms with Crippen molar-refractivity contribution in [1.29, 1.82) is 0 Å². The SMILES string of the molecule is CCCCCCN(C(=O)C(C)NC(=O)OC(C)(C)C)C(C(=O)Nc1ccccc1C)c1cccc(C)c1C. The summed E-state index contributed by atoms with van der Waals surface area (Å²) in [6.45, 7) is 15.4. The average molecular weight is 524 g/mol. The molecule has 7 nitrogen and oxygen atoms in total. The van der Waals surface area contributed by atoms with E-state index in [4.69, 9.17) is 4.74 Å². The summed E-state index contributed by atoms with van der Waals surface area (Å²) in [5, 5.41) is 5.72. The number of aryl methyl sites for hydroxylation is 2. The van der Waals surface area contributed by atoms with Gasteiger partial charge in [-0.2, -0.15) is 0 Å². The Bertz CT molecular complexity index is 1110. The molecule has 2 atom stereocenters. The van der Waals surface area contributed by atoms with Crippen LogP contribution >= 0.6 is 0 Å². The number of nitrogens with zero attached hydrogens (tertiary/aromatic N) is 1. The standard InChI is InChI=1S/C31H45N3O4/c1-9-10-11-14-20-34(29(36)24(5)32-30(37)38-31(6,7)8)27(25-18-15-17-21(2)23(25)4)28(35)33-26-19-13-12-16-22(26)3/h12-13,15-19,24,27H,9-11,14,20H2,1-8H3,(H,32,37)(H,33,35). The summed E-state index contributed by atoms with van der Waals surface area (Å²) >= 11 is 0. The Balaban J connectivity index is 2.50. The van der Waals surface area contributed by atoms with Gasteiger partial charge in [0, 0.05) is 12.2 Å². The topological polar surface area (TPSA) is 87.7 Å². The van der Waals surface area contributed by atoms with Gasteiger partial charge in [0.2, 0.25) is 5.91 Å². The molecule has 0 spiro atoms. The maximum Gasteiger partial charge on any atom is 0.408 e. The molecule has 2 N–H and O–H groups in total. The molecule has 2 rings (SSSR count). The molecule has 0 heterocycles. The largest absolute Gasteiger partial charge is 0.444 e. The van der Waals surface area contributed by atoms with Gasteiger partial charge in [0.15, 0.2) is 0 Å². The number of amides is 3. The van der Waals surface area contributed by atoms with Crippen LogP contribution in [0, 0.1) is 20.8 Å². The molecule has 2 unspecified atom stereocenters. The number of carbonyl (C=O) groups is 3. The van der Waals surface area contributed by atoms with E-state index in [0.29, 0.717) is 12.2 Å². The number of hydrogen-bond acceptors (Lipinski definition) is 4. The summed E-state index contributed by atoms with van der Waals surface area (Å²) in [4.78, 5) is 42.0. The summed E-state index contributed by atoms with van der Waals surface area (Å²) in [5.41, 5.74) is 3.70. The van der Waals surface area contributed by atoms with Crippen molar-refractivity contribution in [1.82, 2.24) is 10.2 Å². The number of hydrogen-bond donors (Lipinski definition) is 2. The monoisotopic (exact) mass is 523 g/mol. The zero-order valence-corrected chi connectivity index (χ0v) is 24.3. The number of alkyl carbamates (subject to hydrolysis) is 1. The van der Waals surface area contributed by atoms with Crippen LogP contribution in [0.3, 0.4) is 0 Å². The fourth-order valence-corrected chi connectivity index (χ4v) is 4.31. The summed E-state index contributed by atoms with van der Waals surface area (Å²) in [7, 11) is 0. The first-order valence-electron chi connectivity index (χ1n) is 13.6. The lowest BCUT2D eigenvalue weighted by Gasteiger charge is -2.34. The summed E-state index contributed by atoms with van der Waals surface area (Å²) in [6.07, 6.45) is 3.11. The Kier molecular flexibility index (Phi) is 11.4. The van der Waals surface area contributed by atoms with Crippen LogP contribution in [0.15, 0.2) is 42.5 Å². The molecule has 0 aliphatic carbocycles. The van der Waals surface area contributed by atoms with Crippen LogP contribution in [0.25, 0.3) is 0 Å². The van der Waals surface area contributed by atoms with Gasteiger partial charge < -0.3 is 20.3 Å². The number of anilines is 1. The van der Waals surface area contributed by atoms with Gasteiger partial charge in [-0.15, -0.1) is 0 Å². The lowest BCUT2D eigenvalue weighted by Crippen LogP contribution is -2.51. The van der Waals surface area contributed by atoms with Crippen LogP contribution in [0.4, 0.5) is 10.5 Å². The zero-order valence-electron chi connectivity index (χ0n) is 24.3. The summed E-state index contributed by atoms with van der Waals surface area (Å²) in [6, 6.07) is 11.6. The third-order valence-electron chi connectivity index (χ3n) is 6.54. The van der Waals surface area contributed by atoms with Crippen molar-refractivity contribution >= 4 is 23.6 Å². The van der Waals surface area contributed by atoms with Crippen molar-refractivity contribution in [3.8, 4) is 0 Å². The first-order chi connectivity index (χ1) is 17.9. The number of para-hydroxylation sites is 1. The number of rotatable bonds is 11. The summed E-state index contributed by atoms with van der Waals surface area (Å²) in [5.74, 6) is -0.625. The van der Waals surface area contributed by atoms with Crippen LogP contribution in [-0.2, 0) is 14.3 Å². The van der Waals surface area contributed by atoms with Crippen LogP contribution in [0.2, 0.25) is 0 Å². The van der Waals surface area contributed by atoms with Gasteiger partial charge >= 0.3 is 6.09 Å². The van der Waals surface area contributed by atoms with Crippen molar-refractivity contribution in [2.45, 2.75) is 98.8 Å². The van der Waals surface area contributed by atoms with Gasteiger partial charge in [0.25, 0.3) is 5.91 Å². The number of benzene rings is 2. The molecule has 208 valence electrons. The second-order valence-corrected chi connectivity index (χ2v) is 11.0. The molecule has 0 fully saturated rings. The fraction of sp³-hybridized carbons (Fsp3) is 0.516. The van der Waals surface area contributed by atoms with E-state index < -0.39 is 23.8 Å². The number of carbonyl (C=O) groups excluding carboxylic acids is 3. The smallest absolute Gasteiger partial charge is 0.408 e. The molecule has 2 aromatic rings. The van der Waals surface area contributed by atoms with Crippen molar-refractivity contribution in [2.24, 2.45) is 0 Å². The second-order valence-electron chi connectivity index (χ2n) is 11.0. The van der Waals surface area contributed by atoms with Gasteiger partial charge in [-0.1, -0.05) is 62.6 Å². The van der Waals surface area contributed by atoms with E-state index in [-0.39, 0.29) is 11.8 Å². The van der Waals surface area contributed by atoms with Crippen molar-refractivity contribution in [2.75, 3.05) is 11.9 Å². The molecule has 7 heteroatoms. The van der Waals surface area contributed by atoms with E-state index in [9.17, 15) is 14.4 Å². The lowest BCUT2D eigenvalue weighted by molar-refractivity contribution is -0.140. The Morgan fingerprint density at radius 3 is 2.21 bits per heavy atom. The maximum atomic E-state index is 14.0. The van der Waals surface area contributed by atoms with Crippen LogP contribution in [-0.4, -0.2) is 41.0 Å².